The number of nitrogens with zero attached hydrogens (tertiary/aromatic N) is 2. The predicted octanol–water partition coefficient (Wildman–Crippen LogP) is 4.82. The van der Waals surface area contributed by atoms with Gasteiger partial charge >= 0.3 is 6.09 Å². The van der Waals surface area contributed by atoms with Crippen molar-refractivity contribution in [2.24, 2.45) is 5.92 Å². The number of H-pyrrole nitrogens is 1. The zero-order valence-electron chi connectivity index (χ0n) is 18.1. The number of hydrogen-bond acceptors (Lipinski definition) is 4. The van der Waals surface area contributed by atoms with E-state index in [1.54, 1.807) is 4.90 Å². The van der Waals surface area contributed by atoms with Gasteiger partial charge in [0.25, 0.3) is 0 Å². The molecular weight excluding hydrogens is 392 g/mol. The number of fused-ring (bicyclic) bond motifs is 1. The summed E-state index contributed by atoms with van der Waals surface area (Å²) in [7, 11) is 0. The first kappa shape index (κ1) is 20.9. The van der Waals surface area contributed by atoms with Crippen LogP contribution < -0.4 is 5.32 Å². The fourth-order valence-corrected chi connectivity index (χ4v) is 3.70. The molecule has 0 saturated carbocycles. The van der Waals surface area contributed by atoms with Gasteiger partial charge in [0.15, 0.2) is 0 Å². The van der Waals surface area contributed by atoms with Crippen molar-refractivity contribution in [1.29, 1.82) is 0 Å². The monoisotopic (exact) mass is 420 g/mol. The summed E-state index contributed by atoms with van der Waals surface area (Å²) in [5, 5.41) is 2.99. The molecule has 1 aromatic heterocycles. The number of aromatic amines is 1. The molecule has 0 atom stereocenters. The van der Waals surface area contributed by atoms with Crippen LogP contribution in [0.2, 0.25) is 0 Å². The third kappa shape index (κ3) is 5.05. The van der Waals surface area contributed by atoms with Crippen molar-refractivity contribution >= 4 is 28.7 Å². The van der Waals surface area contributed by atoms with Gasteiger partial charge in [0.1, 0.15) is 11.4 Å². The second kappa shape index (κ2) is 8.41. The number of rotatable bonds is 3. The van der Waals surface area contributed by atoms with E-state index in [0.717, 1.165) is 28.1 Å². The number of hydrogen-bond donors (Lipinski definition) is 2. The van der Waals surface area contributed by atoms with E-state index in [0.29, 0.717) is 25.9 Å². The number of likely N-dealkylation sites (tertiary alicyclic amines) is 1. The lowest BCUT2D eigenvalue weighted by atomic mass is 9.96. The highest BCUT2D eigenvalue weighted by atomic mass is 16.6. The number of carbonyl (C=O) groups is 2. The van der Waals surface area contributed by atoms with Crippen LogP contribution in [0.25, 0.3) is 22.4 Å². The molecule has 7 nitrogen and oxygen atoms in total. The summed E-state index contributed by atoms with van der Waals surface area (Å²) >= 11 is 0. The number of imidazole rings is 1. The molecule has 1 aliphatic heterocycles. The zero-order chi connectivity index (χ0) is 22.0. The number of aromatic nitrogens is 2. The second-order valence-corrected chi connectivity index (χ2v) is 8.91. The average Bonchev–Trinajstić information content (AvgIpc) is 3.17. The minimum atomic E-state index is -0.514. The molecule has 4 rings (SSSR count). The molecule has 2 aromatic carbocycles. The number of para-hydroxylation sites is 2. The molecule has 2 N–H and O–H groups in total. The van der Waals surface area contributed by atoms with Crippen molar-refractivity contribution in [2.75, 3.05) is 18.4 Å². The van der Waals surface area contributed by atoms with Crippen LogP contribution in [-0.4, -0.2) is 45.6 Å². The molecule has 1 fully saturated rings. The first-order valence-corrected chi connectivity index (χ1v) is 10.6. The van der Waals surface area contributed by atoms with Crippen LogP contribution in [0.15, 0.2) is 48.5 Å². The first-order valence-electron chi connectivity index (χ1n) is 10.6. The topological polar surface area (TPSA) is 87.3 Å². The van der Waals surface area contributed by atoms with Gasteiger partial charge in [-0.2, -0.15) is 0 Å². The summed E-state index contributed by atoms with van der Waals surface area (Å²) in [6.45, 7) is 6.61. The van der Waals surface area contributed by atoms with Gasteiger partial charge in [-0.3, -0.25) is 4.79 Å². The van der Waals surface area contributed by atoms with Gasteiger partial charge in [0.2, 0.25) is 5.91 Å². The largest absolute Gasteiger partial charge is 0.444 e. The summed E-state index contributed by atoms with van der Waals surface area (Å²) < 4.78 is 5.41. The fraction of sp³-hybridized carbons (Fsp3) is 0.375. The summed E-state index contributed by atoms with van der Waals surface area (Å²) in [6.07, 6.45) is 0.942. The summed E-state index contributed by atoms with van der Waals surface area (Å²) in [5.74, 6) is 0.669. The zero-order valence-corrected chi connectivity index (χ0v) is 18.1. The van der Waals surface area contributed by atoms with E-state index in [2.05, 4.69) is 15.3 Å². The third-order valence-electron chi connectivity index (χ3n) is 5.33. The van der Waals surface area contributed by atoms with Crippen molar-refractivity contribution in [3.05, 3.63) is 48.5 Å². The number of carbonyl (C=O) groups excluding carboxylic acids is 2. The van der Waals surface area contributed by atoms with E-state index in [1.807, 2.05) is 69.3 Å². The molecule has 2 amide bonds. The minimum absolute atomic E-state index is 0.0136. The van der Waals surface area contributed by atoms with Gasteiger partial charge in [-0.1, -0.05) is 12.1 Å². The van der Waals surface area contributed by atoms with Crippen LogP contribution in [0, 0.1) is 5.92 Å². The number of piperidine rings is 1. The fourth-order valence-electron chi connectivity index (χ4n) is 3.70. The lowest BCUT2D eigenvalue weighted by Gasteiger charge is -2.32. The lowest BCUT2D eigenvalue weighted by Crippen LogP contribution is -2.43. The summed E-state index contributed by atoms with van der Waals surface area (Å²) in [4.78, 5) is 34.5. The van der Waals surface area contributed by atoms with E-state index in [1.165, 1.54) is 0 Å². The van der Waals surface area contributed by atoms with Gasteiger partial charge in [0.05, 0.1) is 11.0 Å². The van der Waals surface area contributed by atoms with Crippen LogP contribution in [-0.2, 0) is 9.53 Å². The number of anilines is 1. The number of benzene rings is 2. The Bertz CT molecular complexity index is 1040. The molecule has 0 radical (unpaired) electrons. The average molecular weight is 421 g/mol. The van der Waals surface area contributed by atoms with Gasteiger partial charge in [-0.15, -0.1) is 0 Å². The van der Waals surface area contributed by atoms with Gasteiger partial charge in [-0.05, 0) is 70.0 Å². The van der Waals surface area contributed by atoms with E-state index in [4.69, 9.17) is 4.74 Å². The molecule has 1 aliphatic rings. The third-order valence-corrected chi connectivity index (χ3v) is 5.33. The van der Waals surface area contributed by atoms with Crippen LogP contribution in [0.4, 0.5) is 10.5 Å². The van der Waals surface area contributed by atoms with Crippen molar-refractivity contribution < 1.29 is 14.3 Å². The molecule has 162 valence electrons. The smallest absolute Gasteiger partial charge is 0.410 e. The SMILES string of the molecule is CC(C)(C)OC(=O)N1CCC(C(=O)Nc2ccc(-c3nc4ccccc4[nH]3)cc2)CC1. The number of nitrogens with one attached hydrogen (secondary N) is 2. The molecule has 1 saturated heterocycles. The molecule has 2 heterocycles. The lowest BCUT2D eigenvalue weighted by molar-refractivity contribution is -0.121. The van der Waals surface area contributed by atoms with E-state index >= 15 is 0 Å². The first-order chi connectivity index (χ1) is 14.8. The highest BCUT2D eigenvalue weighted by molar-refractivity contribution is 5.93. The Morgan fingerprint density at radius 3 is 2.39 bits per heavy atom. The Hall–Kier alpha value is -3.35. The molecule has 0 aliphatic carbocycles. The highest BCUT2D eigenvalue weighted by Gasteiger charge is 2.29. The maximum absolute atomic E-state index is 12.7. The van der Waals surface area contributed by atoms with Crippen molar-refractivity contribution in [1.82, 2.24) is 14.9 Å². The molecule has 0 spiro atoms. The van der Waals surface area contributed by atoms with Crippen LogP contribution >= 0.6 is 0 Å². The van der Waals surface area contributed by atoms with E-state index in [-0.39, 0.29) is 17.9 Å². The predicted molar refractivity (Wildman–Crippen MR) is 121 cm³/mol. The van der Waals surface area contributed by atoms with E-state index in [9.17, 15) is 9.59 Å². The summed E-state index contributed by atoms with van der Waals surface area (Å²) in [6, 6.07) is 15.6. The van der Waals surface area contributed by atoms with Crippen LogP contribution in [0.5, 0.6) is 0 Å². The van der Waals surface area contributed by atoms with Crippen molar-refractivity contribution in [3.63, 3.8) is 0 Å². The van der Waals surface area contributed by atoms with Crippen LogP contribution in [0.3, 0.4) is 0 Å². The molecule has 31 heavy (non-hydrogen) atoms. The Labute approximate surface area is 181 Å². The summed E-state index contributed by atoms with van der Waals surface area (Å²) in [5.41, 5.74) is 3.11. The number of amides is 2. The Morgan fingerprint density at radius 2 is 1.74 bits per heavy atom. The van der Waals surface area contributed by atoms with Crippen molar-refractivity contribution in [3.8, 4) is 11.4 Å². The second-order valence-electron chi connectivity index (χ2n) is 8.91. The van der Waals surface area contributed by atoms with Crippen molar-refractivity contribution in [2.45, 2.75) is 39.2 Å². The van der Waals surface area contributed by atoms with Crippen LogP contribution in [0.1, 0.15) is 33.6 Å². The normalized spacial score (nSPS) is 15.1. The number of ether oxygens (including phenoxy) is 1. The maximum Gasteiger partial charge on any atom is 0.410 e. The molecular formula is C24H28N4O3. The Balaban J connectivity index is 1.32. The maximum atomic E-state index is 12.7. The highest BCUT2D eigenvalue weighted by Crippen LogP contribution is 2.24. The minimum Gasteiger partial charge on any atom is -0.444 e. The van der Waals surface area contributed by atoms with Gasteiger partial charge in [0, 0.05) is 30.3 Å². The Kier molecular flexibility index (Phi) is 5.67. The molecule has 0 unspecified atom stereocenters. The van der Waals surface area contributed by atoms with Gasteiger partial charge in [-0.25, -0.2) is 9.78 Å². The quantitative estimate of drug-likeness (QED) is 0.636. The molecule has 0 bridgehead atoms. The molecule has 7 heteroatoms. The van der Waals surface area contributed by atoms with Gasteiger partial charge < -0.3 is 19.9 Å². The Morgan fingerprint density at radius 1 is 1.06 bits per heavy atom. The standard InChI is InChI=1S/C24H28N4O3/c1-24(2,3)31-23(30)28-14-12-17(13-15-28)22(29)25-18-10-8-16(9-11-18)21-26-19-6-4-5-7-20(19)27-21/h4-11,17H,12-15H2,1-3H3,(H,25,29)(H,26,27). The molecule has 3 aromatic rings. The van der Waals surface area contributed by atoms with E-state index < -0.39 is 5.60 Å².